The Balaban J connectivity index is 1.64. The second kappa shape index (κ2) is 6.68. The van der Waals surface area contributed by atoms with Crippen molar-refractivity contribution in [1.29, 1.82) is 0 Å². The maximum atomic E-state index is 11.8. The van der Waals surface area contributed by atoms with Crippen LogP contribution in [0.2, 0.25) is 0 Å². The van der Waals surface area contributed by atoms with Gasteiger partial charge in [-0.25, -0.2) is 0 Å². The van der Waals surface area contributed by atoms with Crippen molar-refractivity contribution in [3.8, 4) is 0 Å². The molecule has 1 amide bonds. The Bertz CT molecular complexity index is 305. The molecular weight excluding hydrogens is 244 g/mol. The van der Waals surface area contributed by atoms with Gasteiger partial charge < -0.3 is 20.5 Å². The highest BCUT2D eigenvalue weighted by Gasteiger charge is 2.39. The molecule has 3 unspecified atom stereocenters. The van der Waals surface area contributed by atoms with E-state index in [-0.39, 0.29) is 12.0 Å². The minimum atomic E-state index is -0.887. The molecule has 3 atom stereocenters. The van der Waals surface area contributed by atoms with Crippen LogP contribution in [0.5, 0.6) is 0 Å². The lowest BCUT2D eigenvalue weighted by Crippen LogP contribution is -2.47. The average molecular weight is 270 g/mol. The molecule has 2 aliphatic rings. The van der Waals surface area contributed by atoms with Gasteiger partial charge in [0.1, 0.15) is 5.60 Å². The fourth-order valence-corrected chi connectivity index (χ4v) is 2.85. The van der Waals surface area contributed by atoms with Crippen LogP contribution >= 0.6 is 0 Å². The first-order chi connectivity index (χ1) is 9.10. The molecule has 5 heteroatoms. The van der Waals surface area contributed by atoms with E-state index < -0.39 is 5.60 Å². The smallest absolute Gasteiger partial charge is 0.220 e. The van der Waals surface area contributed by atoms with Crippen molar-refractivity contribution in [3.05, 3.63) is 0 Å². The third-order valence-electron chi connectivity index (χ3n) is 4.43. The zero-order valence-corrected chi connectivity index (χ0v) is 11.8. The van der Waals surface area contributed by atoms with Crippen LogP contribution in [-0.2, 0) is 9.53 Å². The van der Waals surface area contributed by atoms with Gasteiger partial charge in [0.2, 0.25) is 5.91 Å². The molecule has 110 valence electrons. The Labute approximate surface area is 115 Å². The van der Waals surface area contributed by atoms with Crippen LogP contribution in [0.3, 0.4) is 0 Å². The van der Waals surface area contributed by atoms with Gasteiger partial charge in [0.15, 0.2) is 0 Å². The molecule has 2 aliphatic heterocycles. The predicted molar refractivity (Wildman–Crippen MR) is 72.8 cm³/mol. The van der Waals surface area contributed by atoms with E-state index in [2.05, 4.69) is 10.6 Å². The number of ether oxygens (including phenoxy) is 1. The van der Waals surface area contributed by atoms with Crippen molar-refractivity contribution in [2.24, 2.45) is 5.92 Å². The summed E-state index contributed by atoms with van der Waals surface area (Å²) >= 11 is 0. The van der Waals surface area contributed by atoms with Crippen LogP contribution in [-0.4, -0.2) is 49.0 Å². The second-order valence-electron chi connectivity index (χ2n) is 5.89. The minimum absolute atomic E-state index is 0.0399. The van der Waals surface area contributed by atoms with Gasteiger partial charge in [-0.15, -0.1) is 0 Å². The standard InChI is InChI=1S/C14H26N2O3/c1-11-14(18,6-8-19-11)10-16-13(17)5-4-12-3-2-7-15-9-12/h11-12,15,18H,2-10H2,1H3,(H,16,17). The van der Waals surface area contributed by atoms with E-state index in [0.29, 0.717) is 31.9 Å². The number of carbonyl (C=O) groups is 1. The molecule has 19 heavy (non-hydrogen) atoms. The molecule has 2 rings (SSSR count). The van der Waals surface area contributed by atoms with E-state index in [1.165, 1.54) is 12.8 Å². The maximum absolute atomic E-state index is 11.8. The summed E-state index contributed by atoms with van der Waals surface area (Å²) in [6.45, 7) is 4.86. The van der Waals surface area contributed by atoms with Gasteiger partial charge in [-0.05, 0) is 45.2 Å². The first-order valence-electron chi connectivity index (χ1n) is 7.41. The summed E-state index contributed by atoms with van der Waals surface area (Å²) in [6, 6.07) is 0. The monoisotopic (exact) mass is 270 g/mol. The Hall–Kier alpha value is -0.650. The fraction of sp³-hybridized carbons (Fsp3) is 0.929. The molecule has 0 aromatic rings. The third kappa shape index (κ3) is 4.16. The second-order valence-corrected chi connectivity index (χ2v) is 5.89. The van der Waals surface area contributed by atoms with E-state index in [1.54, 1.807) is 0 Å². The number of rotatable bonds is 5. The van der Waals surface area contributed by atoms with Crippen LogP contribution in [0.25, 0.3) is 0 Å². The van der Waals surface area contributed by atoms with Gasteiger partial charge in [0.25, 0.3) is 0 Å². The van der Waals surface area contributed by atoms with Gasteiger partial charge in [-0.2, -0.15) is 0 Å². The molecule has 0 aliphatic carbocycles. The maximum Gasteiger partial charge on any atom is 0.220 e. The van der Waals surface area contributed by atoms with E-state index in [0.717, 1.165) is 19.5 Å². The highest BCUT2D eigenvalue weighted by molar-refractivity contribution is 5.75. The van der Waals surface area contributed by atoms with Crippen molar-refractivity contribution >= 4 is 5.91 Å². The molecule has 2 saturated heterocycles. The predicted octanol–water partition coefficient (Wildman–Crippen LogP) is 0.422. The van der Waals surface area contributed by atoms with Gasteiger partial charge in [0.05, 0.1) is 6.10 Å². The third-order valence-corrected chi connectivity index (χ3v) is 4.43. The molecule has 0 radical (unpaired) electrons. The van der Waals surface area contributed by atoms with Crippen LogP contribution in [0, 0.1) is 5.92 Å². The summed E-state index contributed by atoms with van der Waals surface area (Å²) in [6.07, 6.45) is 4.31. The summed E-state index contributed by atoms with van der Waals surface area (Å²) in [7, 11) is 0. The Morgan fingerprint density at radius 1 is 1.58 bits per heavy atom. The molecule has 2 fully saturated rings. The average Bonchev–Trinajstić information content (AvgIpc) is 2.76. The Morgan fingerprint density at radius 2 is 2.42 bits per heavy atom. The number of piperidine rings is 1. The van der Waals surface area contributed by atoms with Crippen molar-refractivity contribution in [2.45, 2.75) is 50.7 Å². The number of carbonyl (C=O) groups excluding carboxylic acids is 1. The summed E-state index contributed by atoms with van der Waals surface area (Å²) in [5.41, 5.74) is -0.887. The molecule has 0 spiro atoms. The molecule has 5 nitrogen and oxygen atoms in total. The molecule has 0 aromatic carbocycles. The minimum Gasteiger partial charge on any atom is -0.385 e. The largest absolute Gasteiger partial charge is 0.385 e. The Kier molecular flexibility index (Phi) is 5.19. The SMILES string of the molecule is CC1OCCC1(O)CNC(=O)CCC1CCCNC1. The van der Waals surface area contributed by atoms with Crippen LogP contribution < -0.4 is 10.6 Å². The molecular formula is C14H26N2O3. The lowest BCUT2D eigenvalue weighted by molar-refractivity contribution is -0.123. The normalized spacial score (nSPS) is 35.3. The molecule has 0 saturated carbocycles. The number of hydrogen-bond donors (Lipinski definition) is 3. The van der Waals surface area contributed by atoms with Crippen LogP contribution in [0.1, 0.15) is 39.0 Å². The van der Waals surface area contributed by atoms with Crippen molar-refractivity contribution < 1.29 is 14.6 Å². The lowest BCUT2D eigenvalue weighted by Gasteiger charge is -2.26. The fourth-order valence-electron chi connectivity index (χ4n) is 2.85. The Morgan fingerprint density at radius 3 is 3.05 bits per heavy atom. The van der Waals surface area contributed by atoms with Gasteiger partial charge >= 0.3 is 0 Å². The van der Waals surface area contributed by atoms with Crippen molar-refractivity contribution in [1.82, 2.24) is 10.6 Å². The molecule has 0 aromatic heterocycles. The zero-order valence-electron chi connectivity index (χ0n) is 11.8. The number of aliphatic hydroxyl groups is 1. The molecule has 0 bridgehead atoms. The van der Waals surface area contributed by atoms with Crippen molar-refractivity contribution in [2.75, 3.05) is 26.2 Å². The number of nitrogens with one attached hydrogen (secondary N) is 2. The first-order valence-corrected chi connectivity index (χ1v) is 7.41. The van der Waals surface area contributed by atoms with E-state index in [1.807, 2.05) is 6.92 Å². The van der Waals surface area contributed by atoms with E-state index >= 15 is 0 Å². The topological polar surface area (TPSA) is 70.6 Å². The van der Waals surface area contributed by atoms with Crippen LogP contribution in [0.4, 0.5) is 0 Å². The molecule has 2 heterocycles. The summed E-state index contributed by atoms with van der Waals surface area (Å²) in [5.74, 6) is 0.662. The van der Waals surface area contributed by atoms with Gasteiger partial charge in [0, 0.05) is 26.0 Å². The van der Waals surface area contributed by atoms with Gasteiger partial charge in [-0.1, -0.05) is 0 Å². The lowest BCUT2D eigenvalue weighted by atomic mass is 9.94. The molecule has 3 N–H and O–H groups in total. The van der Waals surface area contributed by atoms with E-state index in [9.17, 15) is 9.90 Å². The zero-order chi connectivity index (χ0) is 13.7. The van der Waals surface area contributed by atoms with Gasteiger partial charge in [-0.3, -0.25) is 4.79 Å². The first kappa shape index (κ1) is 14.8. The quantitative estimate of drug-likeness (QED) is 0.677. The summed E-state index contributed by atoms with van der Waals surface area (Å²) in [4.78, 5) is 11.8. The highest BCUT2D eigenvalue weighted by atomic mass is 16.5. The summed E-state index contributed by atoms with van der Waals surface area (Å²) < 4.78 is 5.35. The van der Waals surface area contributed by atoms with Crippen molar-refractivity contribution in [3.63, 3.8) is 0 Å². The van der Waals surface area contributed by atoms with E-state index in [4.69, 9.17) is 4.74 Å². The number of hydrogen-bond acceptors (Lipinski definition) is 4. The summed E-state index contributed by atoms with van der Waals surface area (Å²) in [5, 5.41) is 16.5. The van der Waals surface area contributed by atoms with Crippen LogP contribution in [0.15, 0.2) is 0 Å². The number of amides is 1. The highest BCUT2D eigenvalue weighted by Crippen LogP contribution is 2.24.